The van der Waals surface area contributed by atoms with Gasteiger partial charge in [-0.05, 0) is 70.4 Å². The van der Waals surface area contributed by atoms with E-state index in [0.717, 1.165) is 56.8 Å². The summed E-state index contributed by atoms with van der Waals surface area (Å²) >= 11 is 0. The molecule has 0 atom stereocenters. The number of unbranched alkanes of at least 4 members (excludes halogenated alkanes) is 1. The van der Waals surface area contributed by atoms with Crippen LogP contribution in [0.2, 0.25) is 0 Å². The molecule has 29 heavy (non-hydrogen) atoms. The van der Waals surface area contributed by atoms with Crippen LogP contribution in [0.4, 0.5) is 0 Å². The van der Waals surface area contributed by atoms with Gasteiger partial charge in [-0.3, -0.25) is 4.79 Å². The van der Waals surface area contributed by atoms with Crippen molar-refractivity contribution >= 4 is 5.91 Å². The van der Waals surface area contributed by atoms with E-state index in [-0.39, 0.29) is 5.91 Å². The number of amides is 1. The summed E-state index contributed by atoms with van der Waals surface area (Å²) in [4.78, 5) is 26.1. The minimum Gasteiger partial charge on any atom is -0.462 e. The Morgan fingerprint density at radius 1 is 1.03 bits per heavy atom. The van der Waals surface area contributed by atoms with E-state index < -0.39 is 0 Å². The molecule has 0 bridgehead atoms. The molecule has 1 aromatic carbocycles. The van der Waals surface area contributed by atoms with Gasteiger partial charge in [-0.2, -0.15) is 0 Å². The third kappa shape index (κ3) is 4.65. The largest absolute Gasteiger partial charge is 0.462 e. The van der Waals surface area contributed by atoms with Crippen LogP contribution in [0.3, 0.4) is 0 Å². The SMILES string of the molecule is CC1=COc2ccccc2C(=O)N1CCCCN1CCC(c2ncccn2)CC1. The van der Waals surface area contributed by atoms with Crippen LogP contribution in [0.25, 0.3) is 0 Å². The summed E-state index contributed by atoms with van der Waals surface area (Å²) in [5.74, 6) is 2.12. The Bertz CT molecular complexity index is 860. The summed E-state index contributed by atoms with van der Waals surface area (Å²) in [6, 6.07) is 9.30. The van der Waals surface area contributed by atoms with E-state index in [9.17, 15) is 4.79 Å². The number of para-hydroxylation sites is 1. The molecular formula is C23H28N4O2. The average molecular weight is 393 g/mol. The van der Waals surface area contributed by atoms with Crippen molar-refractivity contribution in [3.63, 3.8) is 0 Å². The van der Waals surface area contributed by atoms with Crippen molar-refractivity contribution < 1.29 is 9.53 Å². The Labute approximate surface area is 172 Å². The molecule has 3 heterocycles. The van der Waals surface area contributed by atoms with Gasteiger partial charge >= 0.3 is 0 Å². The molecule has 152 valence electrons. The number of fused-ring (bicyclic) bond motifs is 1. The number of benzene rings is 1. The fourth-order valence-electron chi connectivity index (χ4n) is 4.08. The fourth-order valence-corrected chi connectivity index (χ4v) is 4.08. The topological polar surface area (TPSA) is 58.6 Å². The summed E-state index contributed by atoms with van der Waals surface area (Å²) in [5, 5.41) is 0. The number of likely N-dealkylation sites (tertiary alicyclic amines) is 1. The molecule has 2 aliphatic rings. The zero-order chi connectivity index (χ0) is 20.1. The first-order valence-electron chi connectivity index (χ1n) is 10.5. The van der Waals surface area contributed by atoms with Crippen molar-refractivity contribution in [2.24, 2.45) is 0 Å². The molecule has 0 spiro atoms. The maximum Gasteiger partial charge on any atom is 0.261 e. The number of nitrogens with zero attached hydrogens (tertiary/aromatic N) is 4. The molecule has 6 heteroatoms. The fraction of sp³-hybridized carbons (Fsp3) is 0.435. The number of piperidine rings is 1. The summed E-state index contributed by atoms with van der Waals surface area (Å²) in [5.41, 5.74) is 1.49. The van der Waals surface area contributed by atoms with Gasteiger partial charge in [0.1, 0.15) is 17.8 Å². The van der Waals surface area contributed by atoms with E-state index >= 15 is 0 Å². The van der Waals surface area contributed by atoms with Crippen LogP contribution in [0.5, 0.6) is 5.75 Å². The van der Waals surface area contributed by atoms with Crippen LogP contribution < -0.4 is 4.74 Å². The maximum absolute atomic E-state index is 12.9. The Morgan fingerprint density at radius 2 is 1.76 bits per heavy atom. The quantitative estimate of drug-likeness (QED) is 0.699. The smallest absolute Gasteiger partial charge is 0.261 e. The third-order valence-electron chi connectivity index (χ3n) is 5.79. The second-order valence-corrected chi connectivity index (χ2v) is 7.76. The Morgan fingerprint density at radius 3 is 2.55 bits per heavy atom. The third-order valence-corrected chi connectivity index (χ3v) is 5.79. The van der Waals surface area contributed by atoms with Crippen LogP contribution in [-0.4, -0.2) is 51.9 Å². The molecule has 4 rings (SSSR count). The molecule has 2 aromatic rings. The van der Waals surface area contributed by atoms with Gasteiger partial charge in [0.15, 0.2) is 0 Å². The van der Waals surface area contributed by atoms with Gasteiger partial charge in [-0.25, -0.2) is 9.97 Å². The molecule has 1 fully saturated rings. The number of hydrogen-bond acceptors (Lipinski definition) is 5. The van der Waals surface area contributed by atoms with E-state index in [1.165, 1.54) is 0 Å². The van der Waals surface area contributed by atoms with E-state index in [1.54, 1.807) is 6.26 Å². The van der Waals surface area contributed by atoms with Crippen molar-refractivity contribution in [3.8, 4) is 5.75 Å². The molecule has 0 N–H and O–H groups in total. The first-order valence-corrected chi connectivity index (χ1v) is 10.5. The highest BCUT2D eigenvalue weighted by molar-refractivity contribution is 5.98. The molecule has 1 saturated heterocycles. The molecule has 0 saturated carbocycles. The number of allylic oxidation sites excluding steroid dienone is 1. The van der Waals surface area contributed by atoms with Crippen molar-refractivity contribution in [1.29, 1.82) is 0 Å². The lowest BCUT2D eigenvalue weighted by Gasteiger charge is -2.31. The number of aromatic nitrogens is 2. The predicted octanol–water partition coefficient (Wildman–Crippen LogP) is 3.83. The van der Waals surface area contributed by atoms with Gasteiger partial charge in [0.25, 0.3) is 5.91 Å². The van der Waals surface area contributed by atoms with E-state index in [4.69, 9.17) is 4.74 Å². The molecule has 2 aliphatic heterocycles. The highest BCUT2D eigenvalue weighted by Gasteiger charge is 2.24. The van der Waals surface area contributed by atoms with Crippen LogP contribution in [-0.2, 0) is 0 Å². The lowest BCUT2D eigenvalue weighted by molar-refractivity contribution is 0.0804. The predicted molar refractivity (Wildman–Crippen MR) is 112 cm³/mol. The summed E-state index contributed by atoms with van der Waals surface area (Å²) in [6.07, 6.45) is 9.62. The van der Waals surface area contributed by atoms with Gasteiger partial charge < -0.3 is 14.5 Å². The highest BCUT2D eigenvalue weighted by atomic mass is 16.5. The molecule has 1 aromatic heterocycles. The van der Waals surface area contributed by atoms with E-state index in [2.05, 4.69) is 14.9 Å². The lowest BCUT2D eigenvalue weighted by atomic mass is 9.96. The van der Waals surface area contributed by atoms with Crippen molar-refractivity contribution in [2.45, 2.75) is 38.5 Å². The van der Waals surface area contributed by atoms with Gasteiger partial charge in [0.05, 0.1) is 11.3 Å². The Kier molecular flexibility index (Phi) is 6.20. The molecule has 0 radical (unpaired) electrons. The number of carbonyl (C=O) groups excluding carboxylic acids is 1. The highest BCUT2D eigenvalue weighted by Crippen LogP contribution is 2.27. The average Bonchev–Trinajstić information content (AvgIpc) is 2.89. The number of rotatable bonds is 6. The standard InChI is InChI=1S/C23H28N4O2/c1-18-17-29-21-8-3-2-7-20(21)23(28)27(18)14-5-4-13-26-15-9-19(10-16-26)22-24-11-6-12-25-22/h2-3,6-8,11-12,17,19H,4-5,9-10,13-16H2,1H3. The Balaban J connectivity index is 1.23. The van der Waals surface area contributed by atoms with Crippen LogP contribution >= 0.6 is 0 Å². The molecule has 1 amide bonds. The maximum atomic E-state index is 12.9. The lowest BCUT2D eigenvalue weighted by Crippen LogP contribution is -2.35. The second-order valence-electron chi connectivity index (χ2n) is 7.76. The van der Waals surface area contributed by atoms with Crippen molar-refractivity contribution in [3.05, 3.63) is 66.1 Å². The van der Waals surface area contributed by atoms with E-state index in [1.807, 2.05) is 54.5 Å². The number of carbonyl (C=O) groups is 1. The van der Waals surface area contributed by atoms with Crippen molar-refractivity contribution in [1.82, 2.24) is 19.8 Å². The minimum atomic E-state index is 0.0236. The summed E-state index contributed by atoms with van der Waals surface area (Å²) in [7, 11) is 0. The zero-order valence-electron chi connectivity index (χ0n) is 17.0. The first-order chi connectivity index (χ1) is 14.2. The van der Waals surface area contributed by atoms with Gasteiger partial charge in [-0.15, -0.1) is 0 Å². The normalized spacial score (nSPS) is 18.0. The summed E-state index contributed by atoms with van der Waals surface area (Å²) in [6.45, 7) is 5.89. The van der Waals surface area contributed by atoms with Crippen LogP contribution in [0, 0.1) is 0 Å². The van der Waals surface area contributed by atoms with Gasteiger partial charge in [0, 0.05) is 24.9 Å². The van der Waals surface area contributed by atoms with E-state index in [0.29, 0.717) is 23.8 Å². The molecule has 0 aliphatic carbocycles. The summed E-state index contributed by atoms with van der Waals surface area (Å²) < 4.78 is 5.67. The molecular weight excluding hydrogens is 364 g/mol. The Hall–Kier alpha value is -2.73. The molecule has 6 nitrogen and oxygen atoms in total. The van der Waals surface area contributed by atoms with Crippen LogP contribution in [0.1, 0.15) is 54.7 Å². The second kappa shape index (κ2) is 9.18. The van der Waals surface area contributed by atoms with Gasteiger partial charge in [-0.1, -0.05) is 12.1 Å². The zero-order valence-corrected chi connectivity index (χ0v) is 17.0. The van der Waals surface area contributed by atoms with Gasteiger partial charge in [0.2, 0.25) is 0 Å². The molecule has 0 unspecified atom stereocenters. The monoisotopic (exact) mass is 392 g/mol. The number of ether oxygens (including phenoxy) is 1. The number of hydrogen-bond donors (Lipinski definition) is 0. The van der Waals surface area contributed by atoms with Crippen LogP contribution in [0.15, 0.2) is 54.7 Å². The first kappa shape index (κ1) is 19.6. The van der Waals surface area contributed by atoms with Crippen molar-refractivity contribution in [2.75, 3.05) is 26.2 Å². The minimum absolute atomic E-state index is 0.0236.